The van der Waals surface area contributed by atoms with Crippen LogP contribution in [0.4, 0.5) is 4.39 Å². The molecule has 160 valence electrons. The van der Waals surface area contributed by atoms with E-state index in [2.05, 4.69) is 26.1 Å². The zero-order chi connectivity index (χ0) is 22.3. The molecule has 1 N–H and O–H groups in total. The average Bonchev–Trinajstić information content (AvgIpc) is 3.37. The summed E-state index contributed by atoms with van der Waals surface area (Å²) in [5.41, 5.74) is 5.74. The summed E-state index contributed by atoms with van der Waals surface area (Å²) >= 11 is 0. The molecular weight excluding hydrogens is 411 g/mol. The van der Waals surface area contributed by atoms with Crippen molar-refractivity contribution in [1.29, 1.82) is 0 Å². The molecule has 1 aromatic heterocycles. The van der Waals surface area contributed by atoms with Gasteiger partial charge in [0.15, 0.2) is 0 Å². The van der Waals surface area contributed by atoms with Crippen molar-refractivity contribution in [2.75, 3.05) is 0 Å². The number of ether oxygens (including phenoxy) is 1. The zero-order valence-electron chi connectivity index (χ0n) is 17.1. The van der Waals surface area contributed by atoms with E-state index in [1.54, 1.807) is 54.1 Å². The molecule has 0 spiro atoms. The zero-order valence-corrected chi connectivity index (χ0v) is 17.1. The molecular formula is C23H19FN6O2. The molecule has 4 rings (SSSR count). The number of nitrogens with zero attached hydrogens (tertiary/aromatic N) is 5. The Labute approximate surface area is 183 Å². The second kappa shape index (κ2) is 9.61. The Morgan fingerprint density at radius 1 is 1.03 bits per heavy atom. The van der Waals surface area contributed by atoms with Crippen LogP contribution in [0.2, 0.25) is 0 Å². The van der Waals surface area contributed by atoms with Crippen molar-refractivity contribution in [1.82, 2.24) is 25.6 Å². The van der Waals surface area contributed by atoms with Crippen molar-refractivity contribution in [2.24, 2.45) is 5.10 Å². The van der Waals surface area contributed by atoms with Crippen LogP contribution in [-0.4, -0.2) is 31.8 Å². The fourth-order valence-electron chi connectivity index (χ4n) is 2.88. The third-order valence-electron chi connectivity index (χ3n) is 4.69. The number of benzene rings is 3. The first-order chi connectivity index (χ1) is 15.6. The second-order valence-electron chi connectivity index (χ2n) is 6.84. The van der Waals surface area contributed by atoms with Crippen LogP contribution in [0.5, 0.6) is 5.75 Å². The number of hydrazone groups is 1. The Morgan fingerprint density at radius 3 is 2.44 bits per heavy atom. The molecule has 8 nitrogen and oxygen atoms in total. The maximum atomic E-state index is 13.7. The summed E-state index contributed by atoms with van der Waals surface area (Å²) < 4.78 is 20.8. The van der Waals surface area contributed by atoms with Crippen LogP contribution in [0.15, 0.2) is 84.2 Å². The van der Waals surface area contributed by atoms with E-state index in [4.69, 9.17) is 4.74 Å². The molecule has 32 heavy (non-hydrogen) atoms. The van der Waals surface area contributed by atoms with Gasteiger partial charge in [-0.3, -0.25) is 4.79 Å². The van der Waals surface area contributed by atoms with E-state index >= 15 is 0 Å². The average molecular weight is 430 g/mol. The van der Waals surface area contributed by atoms with Crippen molar-refractivity contribution < 1.29 is 13.9 Å². The number of aromatic nitrogens is 4. The number of hydrogen-bond acceptors (Lipinski definition) is 6. The van der Waals surface area contributed by atoms with Crippen molar-refractivity contribution in [3.8, 4) is 11.4 Å². The van der Waals surface area contributed by atoms with E-state index in [0.717, 1.165) is 11.3 Å². The smallest absolute Gasteiger partial charge is 0.271 e. The SMILES string of the molecule is C/C(=N/NC(=O)c1ccc(OCc2ccccc2F)cc1)c1ccc(-n2cnnn2)cc1. The molecule has 0 aliphatic heterocycles. The first-order valence-corrected chi connectivity index (χ1v) is 9.75. The highest BCUT2D eigenvalue weighted by Gasteiger charge is 2.07. The van der Waals surface area contributed by atoms with Gasteiger partial charge < -0.3 is 4.74 Å². The lowest BCUT2D eigenvalue weighted by molar-refractivity contribution is 0.0955. The Kier molecular flexibility index (Phi) is 6.26. The Bertz CT molecular complexity index is 1220. The first-order valence-electron chi connectivity index (χ1n) is 9.75. The van der Waals surface area contributed by atoms with Gasteiger partial charge in [0, 0.05) is 11.1 Å². The molecule has 0 saturated carbocycles. The lowest BCUT2D eigenvalue weighted by Crippen LogP contribution is -2.19. The molecule has 0 radical (unpaired) electrons. The summed E-state index contributed by atoms with van der Waals surface area (Å²) in [4.78, 5) is 12.4. The van der Waals surface area contributed by atoms with Crippen molar-refractivity contribution in [3.63, 3.8) is 0 Å². The fourth-order valence-corrected chi connectivity index (χ4v) is 2.88. The van der Waals surface area contributed by atoms with Crippen LogP contribution in [0.1, 0.15) is 28.4 Å². The topological polar surface area (TPSA) is 94.3 Å². The minimum Gasteiger partial charge on any atom is -0.489 e. The van der Waals surface area contributed by atoms with E-state index in [-0.39, 0.29) is 18.3 Å². The van der Waals surface area contributed by atoms with Gasteiger partial charge in [0.05, 0.1) is 11.4 Å². The van der Waals surface area contributed by atoms with Crippen LogP contribution < -0.4 is 10.2 Å². The molecule has 3 aromatic carbocycles. The molecule has 1 heterocycles. The van der Waals surface area contributed by atoms with Crippen LogP contribution in [-0.2, 0) is 6.61 Å². The van der Waals surface area contributed by atoms with E-state index in [1.807, 2.05) is 24.3 Å². The predicted octanol–water partition coefficient (Wildman–Crippen LogP) is 3.53. The van der Waals surface area contributed by atoms with Crippen molar-refractivity contribution >= 4 is 11.6 Å². The standard InChI is InChI=1S/C23H19FN6O2/c1-16(17-6-10-20(11-7-17)30-15-25-28-29-30)26-27-23(31)18-8-12-21(13-9-18)32-14-19-4-2-3-5-22(19)24/h2-13,15H,14H2,1H3,(H,27,31)/b26-16-. The molecule has 0 aliphatic carbocycles. The molecule has 0 aliphatic rings. The van der Waals surface area contributed by atoms with Gasteiger partial charge in [-0.25, -0.2) is 14.5 Å². The van der Waals surface area contributed by atoms with Gasteiger partial charge in [0.25, 0.3) is 5.91 Å². The highest BCUT2D eigenvalue weighted by molar-refractivity contribution is 6.01. The highest BCUT2D eigenvalue weighted by Crippen LogP contribution is 2.16. The molecule has 0 saturated heterocycles. The minimum atomic E-state index is -0.352. The third-order valence-corrected chi connectivity index (χ3v) is 4.69. The van der Waals surface area contributed by atoms with Crippen LogP contribution in [0.3, 0.4) is 0 Å². The summed E-state index contributed by atoms with van der Waals surface area (Å²) in [6.45, 7) is 1.90. The Balaban J connectivity index is 1.34. The van der Waals surface area contributed by atoms with Gasteiger partial charge in [-0.2, -0.15) is 5.10 Å². The monoisotopic (exact) mass is 430 g/mol. The number of nitrogens with one attached hydrogen (secondary N) is 1. The lowest BCUT2D eigenvalue weighted by atomic mass is 10.1. The molecule has 0 bridgehead atoms. The van der Waals surface area contributed by atoms with Crippen molar-refractivity contribution in [2.45, 2.75) is 13.5 Å². The summed E-state index contributed by atoms with van der Waals surface area (Å²) in [6.07, 6.45) is 1.51. The Morgan fingerprint density at radius 2 is 1.75 bits per heavy atom. The van der Waals surface area contributed by atoms with Gasteiger partial charge in [-0.15, -0.1) is 5.10 Å². The van der Waals surface area contributed by atoms with Gasteiger partial charge in [0.2, 0.25) is 0 Å². The number of amides is 1. The number of carbonyl (C=O) groups excluding carboxylic acids is 1. The summed E-state index contributed by atoms with van der Waals surface area (Å²) in [5.74, 6) is -0.135. The van der Waals surface area contributed by atoms with E-state index in [1.165, 1.54) is 12.4 Å². The van der Waals surface area contributed by atoms with Crippen molar-refractivity contribution in [3.05, 3.63) is 102 Å². The second-order valence-corrected chi connectivity index (χ2v) is 6.84. The quantitative estimate of drug-likeness (QED) is 0.358. The summed E-state index contributed by atoms with van der Waals surface area (Å²) in [5, 5.41) is 15.2. The minimum absolute atomic E-state index is 0.105. The largest absolute Gasteiger partial charge is 0.489 e. The maximum absolute atomic E-state index is 13.7. The van der Waals surface area contributed by atoms with E-state index < -0.39 is 0 Å². The van der Waals surface area contributed by atoms with Crippen LogP contribution >= 0.6 is 0 Å². The van der Waals surface area contributed by atoms with Gasteiger partial charge in [0.1, 0.15) is 24.5 Å². The number of carbonyl (C=O) groups is 1. The molecule has 4 aromatic rings. The van der Waals surface area contributed by atoms with E-state index in [0.29, 0.717) is 22.6 Å². The number of tetrazole rings is 1. The highest BCUT2D eigenvalue weighted by atomic mass is 19.1. The van der Waals surface area contributed by atoms with E-state index in [9.17, 15) is 9.18 Å². The molecule has 0 atom stereocenters. The predicted molar refractivity (Wildman–Crippen MR) is 116 cm³/mol. The lowest BCUT2D eigenvalue weighted by Gasteiger charge is -2.08. The third kappa shape index (κ3) is 5.01. The van der Waals surface area contributed by atoms with Crippen LogP contribution in [0.25, 0.3) is 5.69 Å². The fraction of sp³-hybridized carbons (Fsp3) is 0.0870. The maximum Gasteiger partial charge on any atom is 0.271 e. The molecule has 0 fully saturated rings. The first kappa shape index (κ1) is 20.9. The van der Waals surface area contributed by atoms with Crippen LogP contribution in [0, 0.1) is 5.82 Å². The number of halogens is 1. The molecule has 1 amide bonds. The number of rotatable bonds is 7. The molecule has 9 heteroatoms. The normalized spacial score (nSPS) is 11.2. The Hall–Kier alpha value is -4.40. The molecule has 0 unspecified atom stereocenters. The van der Waals surface area contributed by atoms with Gasteiger partial charge in [-0.05, 0) is 65.4 Å². The van der Waals surface area contributed by atoms with Gasteiger partial charge >= 0.3 is 0 Å². The summed E-state index contributed by atoms with van der Waals surface area (Å²) in [6, 6.07) is 20.4. The summed E-state index contributed by atoms with van der Waals surface area (Å²) in [7, 11) is 0. The van der Waals surface area contributed by atoms with Gasteiger partial charge in [-0.1, -0.05) is 30.3 Å². The number of hydrogen-bond donors (Lipinski definition) is 1.